The topological polar surface area (TPSA) is 77.8 Å². The van der Waals surface area contributed by atoms with Crippen molar-refractivity contribution < 1.29 is 4.79 Å². The molecule has 1 fully saturated rings. The van der Waals surface area contributed by atoms with Crippen LogP contribution in [0.3, 0.4) is 0 Å². The van der Waals surface area contributed by atoms with Crippen LogP contribution in [0.1, 0.15) is 39.7 Å². The summed E-state index contributed by atoms with van der Waals surface area (Å²) in [6, 6.07) is 8.34. The van der Waals surface area contributed by atoms with E-state index in [-0.39, 0.29) is 11.6 Å². The predicted molar refractivity (Wildman–Crippen MR) is 132 cm³/mol. The van der Waals surface area contributed by atoms with Gasteiger partial charge in [0.05, 0.1) is 0 Å². The Bertz CT molecular complexity index is 1090. The van der Waals surface area contributed by atoms with E-state index >= 15 is 0 Å². The average Bonchev–Trinajstić information content (AvgIpc) is 3.31. The van der Waals surface area contributed by atoms with Crippen LogP contribution in [0, 0.1) is 6.92 Å². The molecular weight excluding hydrogens is 422 g/mol. The minimum Gasteiger partial charge on any atom is -0.364 e. The maximum Gasteiger partial charge on any atom is 0.317 e. The number of piperazine rings is 1. The molecule has 3 heterocycles. The number of aromatic nitrogens is 3. The van der Waals surface area contributed by atoms with Gasteiger partial charge >= 0.3 is 6.03 Å². The van der Waals surface area contributed by atoms with E-state index in [0.717, 1.165) is 53.2 Å². The number of aryl methyl sites for hydroxylation is 1. The zero-order valence-corrected chi connectivity index (χ0v) is 20.4. The zero-order chi connectivity index (χ0) is 22.9. The Morgan fingerprint density at radius 2 is 1.88 bits per heavy atom. The van der Waals surface area contributed by atoms with Crippen molar-refractivity contribution in [3.05, 3.63) is 29.8 Å². The Balaban J connectivity index is 1.60. The minimum atomic E-state index is -0.130. The molecule has 4 rings (SSSR count). The van der Waals surface area contributed by atoms with E-state index in [0.29, 0.717) is 13.1 Å². The van der Waals surface area contributed by atoms with Gasteiger partial charge in [-0.1, -0.05) is 42.5 Å². The van der Waals surface area contributed by atoms with E-state index in [1.807, 2.05) is 21.5 Å². The summed E-state index contributed by atoms with van der Waals surface area (Å²) in [5, 5.41) is 12.5. The summed E-state index contributed by atoms with van der Waals surface area (Å²) in [5.41, 5.74) is 3.10. The molecule has 0 saturated carbocycles. The second kappa shape index (κ2) is 8.97. The van der Waals surface area contributed by atoms with Gasteiger partial charge in [-0.3, -0.25) is 0 Å². The van der Waals surface area contributed by atoms with Gasteiger partial charge in [0.2, 0.25) is 10.1 Å². The van der Waals surface area contributed by atoms with Gasteiger partial charge in [-0.15, -0.1) is 5.10 Å². The molecule has 1 saturated heterocycles. The van der Waals surface area contributed by atoms with Gasteiger partial charge in [0.15, 0.2) is 5.82 Å². The minimum absolute atomic E-state index is 0.0278. The Morgan fingerprint density at radius 1 is 1.16 bits per heavy atom. The third-order valence-electron chi connectivity index (χ3n) is 5.45. The monoisotopic (exact) mass is 455 g/mol. The van der Waals surface area contributed by atoms with E-state index in [1.54, 1.807) is 11.3 Å². The fourth-order valence-corrected chi connectivity index (χ4v) is 4.76. The van der Waals surface area contributed by atoms with Crippen molar-refractivity contribution in [1.29, 1.82) is 0 Å². The quantitative estimate of drug-likeness (QED) is 0.602. The zero-order valence-electron chi connectivity index (χ0n) is 19.6. The highest BCUT2D eigenvalue weighted by Gasteiger charge is 2.26. The first-order valence-electron chi connectivity index (χ1n) is 11.3. The molecule has 3 aromatic rings. The molecule has 0 radical (unpaired) electrons. The first kappa shape index (κ1) is 22.4. The van der Waals surface area contributed by atoms with Crippen LogP contribution < -0.4 is 15.5 Å². The summed E-state index contributed by atoms with van der Waals surface area (Å²) >= 11 is 1.60. The summed E-state index contributed by atoms with van der Waals surface area (Å²) < 4.78 is 1.94. The van der Waals surface area contributed by atoms with E-state index in [1.165, 1.54) is 5.56 Å². The van der Waals surface area contributed by atoms with E-state index < -0.39 is 0 Å². The lowest BCUT2D eigenvalue weighted by Crippen LogP contribution is -2.52. The Hall–Kier alpha value is -2.81. The van der Waals surface area contributed by atoms with Gasteiger partial charge in [-0.2, -0.15) is 4.52 Å². The fraction of sp³-hybridized carbons (Fsp3) is 0.522. The molecule has 1 aromatic carbocycles. The highest BCUT2D eigenvalue weighted by molar-refractivity contribution is 7.20. The van der Waals surface area contributed by atoms with Crippen LogP contribution >= 0.6 is 11.3 Å². The summed E-state index contributed by atoms with van der Waals surface area (Å²) in [6.07, 6.45) is 0.944. The van der Waals surface area contributed by atoms with Crippen LogP contribution in [0.4, 0.5) is 15.7 Å². The number of amides is 2. The Morgan fingerprint density at radius 3 is 2.53 bits per heavy atom. The van der Waals surface area contributed by atoms with Crippen LogP contribution in [-0.2, 0) is 0 Å². The number of hydrogen-bond acceptors (Lipinski definition) is 6. The smallest absolute Gasteiger partial charge is 0.317 e. The summed E-state index contributed by atoms with van der Waals surface area (Å²) in [7, 11) is 0. The number of carbonyl (C=O) groups excluding carboxylic acids is 1. The van der Waals surface area contributed by atoms with Crippen molar-refractivity contribution in [2.75, 3.05) is 42.9 Å². The number of urea groups is 1. The third kappa shape index (κ3) is 4.67. The number of anilines is 2. The largest absolute Gasteiger partial charge is 0.364 e. The molecule has 8 nitrogen and oxygen atoms in total. The highest BCUT2D eigenvalue weighted by Crippen LogP contribution is 2.36. The molecule has 0 spiro atoms. The predicted octanol–water partition coefficient (Wildman–Crippen LogP) is 4.22. The van der Waals surface area contributed by atoms with Gasteiger partial charge in [0.1, 0.15) is 5.69 Å². The lowest BCUT2D eigenvalue weighted by molar-refractivity contribution is 0.194. The number of nitrogens with one attached hydrogen (secondary N) is 2. The van der Waals surface area contributed by atoms with E-state index in [4.69, 9.17) is 10.1 Å². The average molecular weight is 456 g/mol. The molecular formula is C23H33N7OS. The number of nitrogens with zero attached hydrogens (tertiary/aromatic N) is 5. The second-order valence-corrected chi connectivity index (χ2v) is 10.2. The molecule has 9 heteroatoms. The molecule has 0 bridgehead atoms. The molecule has 0 aliphatic carbocycles. The summed E-state index contributed by atoms with van der Waals surface area (Å²) in [4.78, 5) is 22.2. The lowest BCUT2D eigenvalue weighted by Gasteiger charge is -2.34. The third-order valence-corrected chi connectivity index (χ3v) is 6.42. The lowest BCUT2D eigenvalue weighted by atomic mass is 10.0. The van der Waals surface area contributed by atoms with Crippen molar-refractivity contribution >= 4 is 33.3 Å². The standard InChI is InChI=1S/C23H33N7OS/c1-6-11-24-20(31)28-12-14-29(15-13-28)22-27-30-19(26-23(3,4)5)18(25-21(30)32-22)17-10-8-7-9-16(17)2/h7-10,26H,6,11-15H2,1-5H3,(H,24,31). The first-order valence-corrected chi connectivity index (χ1v) is 12.1. The van der Waals surface area contributed by atoms with Crippen LogP contribution in [0.2, 0.25) is 0 Å². The number of fused-ring (bicyclic) bond motifs is 1. The maximum atomic E-state index is 12.2. The summed E-state index contributed by atoms with van der Waals surface area (Å²) in [6.45, 7) is 14.2. The van der Waals surface area contributed by atoms with Gasteiger partial charge in [-0.05, 0) is 39.7 Å². The molecule has 0 atom stereocenters. The van der Waals surface area contributed by atoms with Gasteiger partial charge in [0.25, 0.3) is 0 Å². The van der Waals surface area contributed by atoms with Crippen molar-refractivity contribution in [3.8, 4) is 11.3 Å². The number of benzene rings is 1. The first-order chi connectivity index (χ1) is 15.3. The van der Waals surface area contributed by atoms with Crippen LogP contribution in [0.15, 0.2) is 24.3 Å². The molecule has 2 amide bonds. The summed E-state index contributed by atoms with van der Waals surface area (Å²) in [5.74, 6) is 0.918. The molecule has 1 aliphatic rings. The number of hydrogen-bond donors (Lipinski definition) is 2. The fourth-order valence-electron chi connectivity index (χ4n) is 3.80. The number of rotatable bonds is 5. The van der Waals surface area contributed by atoms with Crippen molar-refractivity contribution in [1.82, 2.24) is 24.8 Å². The molecule has 2 N–H and O–H groups in total. The molecule has 2 aromatic heterocycles. The van der Waals surface area contributed by atoms with Crippen molar-refractivity contribution in [3.63, 3.8) is 0 Å². The number of carbonyl (C=O) groups is 1. The van der Waals surface area contributed by atoms with Gasteiger partial charge < -0.3 is 20.4 Å². The number of imidazole rings is 1. The second-order valence-electron chi connectivity index (χ2n) is 9.28. The maximum absolute atomic E-state index is 12.2. The SMILES string of the molecule is CCCNC(=O)N1CCN(c2nn3c(NC(C)(C)C)c(-c4ccccc4C)nc3s2)CC1. The molecule has 1 aliphatic heterocycles. The normalized spacial score (nSPS) is 14.8. The van der Waals surface area contributed by atoms with Crippen LogP contribution in [0.5, 0.6) is 0 Å². The van der Waals surface area contributed by atoms with Gasteiger partial charge in [0, 0.05) is 43.8 Å². The Labute approximate surface area is 193 Å². The van der Waals surface area contributed by atoms with Crippen LogP contribution in [0.25, 0.3) is 16.2 Å². The van der Waals surface area contributed by atoms with Crippen LogP contribution in [-0.4, -0.2) is 63.8 Å². The van der Waals surface area contributed by atoms with E-state index in [2.05, 4.69) is 62.3 Å². The Kier molecular flexibility index (Phi) is 6.28. The molecule has 172 valence electrons. The van der Waals surface area contributed by atoms with Crippen molar-refractivity contribution in [2.45, 2.75) is 46.6 Å². The molecule has 32 heavy (non-hydrogen) atoms. The molecule has 0 unspecified atom stereocenters. The van der Waals surface area contributed by atoms with E-state index in [9.17, 15) is 4.79 Å². The van der Waals surface area contributed by atoms with Crippen molar-refractivity contribution in [2.24, 2.45) is 0 Å². The van der Waals surface area contributed by atoms with Gasteiger partial charge in [-0.25, -0.2) is 9.78 Å². The highest BCUT2D eigenvalue weighted by atomic mass is 32.1.